The summed E-state index contributed by atoms with van der Waals surface area (Å²) in [5.41, 5.74) is 2.33. The van der Waals surface area contributed by atoms with Gasteiger partial charge in [-0.3, -0.25) is 4.79 Å². The van der Waals surface area contributed by atoms with Crippen LogP contribution in [0.3, 0.4) is 0 Å². The van der Waals surface area contributed by atoms with Gasteiger partial charge in [-0.1, -0.05) is 18.2 Å². The van der Waals surface area contributed by atoms with Crippen LogP contribution < -0.4 is 19.5 Å². The SMILES string of the molecule is COc1ccccc1OCCNC(=O)[C@H](C)Oc1ccc(C)c(C)c1. The van der Waals surface area contributed by atoms with Crippen LogP contribution in [0.15, 0.2) is 42.5 Å². The highest BCUT2D eigenvalue weighted by atomic mass is 16.5. The molecule has 0 unspecified atom stereocenters. The molecule has 1 N–H and O–H groups in total. The largest absolute Gasteiger partial charge is 0.493 e. The highest BCUT2D eigenvalue weighted by Crippen LogP contribution is 2.25. The topological polar surface area (TPSA) is 56.8 Å². The number of hydrogen-bond donors (Lipinski definition) is 1. The molecule has 0 radical (unpaired) electrons. The van der Waals surface area contributed by atoms with Crippen LogP contribution in [0.5, 0.6) is 17.2 Å². The van der Waals surface area contributed by atoms with E-state index in [0.717, 1.165) is 5.56 Å². The van der Waals surface area contributed by atoms with E-state index in [1.54, 1.807) is 14.0 Å². The summed E-state index contributed by atoms with van der Waals surface area (Å²) in [5, 5.41) is 2.81. The summed E-state index contributed by atoms with van der Waals surface area (Å²) in [7, 11) is 1.59. The predicted molar refractivity (Wildman–Crippen MR) is 97.5 cm³/mol. The minimum atomic E-state index is -0.576. The molecule has 0 saturated carbocycles. The van der Waals surface area contributed by atoms with Gasteiger partial charge in [-0.15, -0.1) is 0 Å². The van der Waals surface area contributed by atoms with E-state index in [2.05, 4.69) is 5.32 Å². The van der Waals surface area contributed by atoms with Gasteiger partial charge in [0, 0.05) is 0 Å². The lowest BCUT2D eigenvalue weighted by Gasteiger charge is -2.16. The lowest BCUT2D eigenvalue weighted by Crippen LogP contribution is -2.38. The van der Waals surface area contributed by atoms with Crippen molar-refractivity contribution in [3.63, 3.8) is 0 Å². The molecule has 0 fully saturated rings. The highest BCUT2D eigenvalue weighted by molar-refractivity contribution is 5.80. The van der Waals surface area contributed by atoms with Crippen molar-refractivity contribution in [2.45, 2.75) is 26.9 Å². The van der Waals surface area contributed by atoms with Gasteiger partial charge >= 0.3 is 0 Å². The second kappa shape index (κ2) is 8.97. The van der Waals surface area contributed by atoms with E-state index in [1.807, 2.05) is 56.3 Å². The van der Waals surface area contributed by atoms with Gasteiger partial charge in [0.2, 0.25) is 0 Å². The summed E-state index contributed by atoms with van der Waals surface area (Å²) in [6.45, 7) is 6.52. The first-order chi connectivity index (χ1) is 12.0. The Morgan fingerprint density at radius 2 is 1.80 bits per heavy atom. The van der Waals surface area contributed by atoms with Crippen LogP contribution in [0.2, 0.25) is 0 Å². The third kappa shape index (κ3) is 5.41. The molecule has 0 aliphatic carbocycles. The Morgan fingerprint density at radius 1 is 1.08 bits per heavy atom. The maximum Gasteiger partial charge on any atom is 0.260 e. The molecule has 0 heterocycles. The molecule has 2 aromatic carbocycles. The first-order valence-corrected chi connectivity index (χ1v) is 8.28. The minimum Gasteiger partial charge on any atom is -0.493 e. The Morgan fingerprint density at radius 3 is 2.48 bits per heavy atom. The molecule has 0 aromatic heterocycles. The molecular weight excluding hydrogens is 318 g/mol. The summed E-state index contributed by atoms with van der Waals surface area (Å²) in [4.78, 5) is 12.1. The smallest absolute Gasteiger partial charge is 0.260 e. The van der Waals surface area contributed by atoms with E-state index in [-0.39, 0.29) is 5.91 Å². The third-order valence-corrected chi connectivity index (χ3v) is 3.89. The zero-order valence-corrected chi connectivity index (χ0v) is 15.2. The molecule has 134 valence electrons. The van der Waals surface area contributed by atoms with Crippen LogP contribution in [0.1, 0.15) is 18.1 Å². The van der Waals surface area contributed by atoms with Crippen LogP contribution in [-0.2, 0) is 4.79 Å². The fourth-order valence-electron chi connectivity index (χ4n) is 2.26. The van der Waals surface area contributed by atoms with Crippen LogP contribution in [0.4, 0.5) is 0 Å². The van der Waals surface area contributed by atoms with Crippen LogP contribution >= 0.6 is 0 Å². The highest BCUT2D eigenvalue weighted by Gasteiger charge is 2.14. The summed E-state index contributed by atoms with van der Waals surface area (Å²) >= 11 is 0. The Kier molecular flexibility index (Phi) is 6.69. The maximum absolute atomic E-state index is 12.1. The molecule has 5 nitrogen and oxygen atoms in total. The van der Waals surface area contributed by atoms with E-state index in [1.165, 1.54) is 5.56 Å². The minimum absolute atomic E-state index is 0.179. The van der Waals surface area contributed by atoms with Gasteiger partial charge in [-0.2, -0.15) is 0 Å². The number of amides is 1. The summed E-state index contributed by atoms with van der Waals surface area (Å²) in [6.07, 6.45) is -0.576. The molecule has 0 aliphatic heterocycles. The fourth-order valence-corrected chi connectivity index (χ4v) is 2.26. The van der Waals surface area contributed by atoms with Crippen LogP contribution in [0.25, 0.3) is 0 Å². The van der Waals surface area contributed by atoms with Crippen molar-refractivity contribution in [1.82, 2.24) is 5.32 Å². The lowest BCUT2D eigenvalue weighted by molar-refractivity contribution is -0.127. The molecular formula is C20H25NO4. The molecule has 2 aromatic rings. The fraction of sp³-hybridized carbons (Fsp3) is 0.350. The molecule has 0 spiro atoms. The maximum atomic E-state index is 12.1. The molecule has 0 saturated heterocycles. The van der Waals surface area contributed by atoms with Crippen LogP contribution in [0, 0.1) is 13.8 Å². The van der Waals surface area contributed by atoms with Crippen molar-refractivity contribution in [1.29, 1.82) is 0 Å². The Balaban J connectivity index is 1.76. The second-order valence-electron chi connectivity index (χ2n) is 5.80. The van der Waals surface area contributed by atoms with Crippen molar-refractivity contribution >= 4 is 5.91 Å². The van der Waals surface area contributed by atoms with E-state index < -0.39 is 6.10 Å². The van der Waals surface area contributed by atoms with Crippen molar-refractivity contribution in [2.75, 3.05) is 20.3 Å². The zero-order valence-electron chi connectivity index (χ0n) is 15.2. The zero-order chi connectivity index (χ0) is 18.2. The summed E-state index contributed by atoms with van der Waals surface area (Å²) in [6, 6.07) is 13.2. The summed E-state index contributed by atoms with van der Waals surface area (Å²) in [5.74, 6) is 1.83. The average molecular weight is 343 g/mol. The van der Waals surface area contributed by atoms with Gasteiger partial charge in [0.05, 0.1) is 13.7 Å². The van der Waals surface area contributed by atoms with Crippen molar-refractivity contribution in [3.8, 4) is 17.2 Å². The standard InChI is InChI=1S/C20H25NO4/c1-14-9-10-17(13-15(14)2)25-16(3)20(22)21-11-12-24-19-8-6-5-7-18(19)23-4/h5-10,13,16H,11-12H2,1-4H3,(H,21,22)/t16-/m0/s1. The van der Waals surface area contributed by atoms with E-state index in [0.29, 0.717) is 30.4 Å². The number of para-hydroxylation sites is 2. The number of benzene rings is 2. The molecule has 0 bridgehead atoms. The molecule has 2 rings (SSSR count). The number of methoxy groups -OCH3 is 1. The van der Waals surface area contributed by atoms with Gasteiger partial charge in [0.25, 0.3) is 5.91 Å². The first kappa shape index (κ1) is 18.6. The number of hydrogen-bond acceptors (Lipinski definition) is 4. The Hall–Kier alpha value is -2.69. The first-order valence-electron chi connectivity index (χ1n) is 8.28. The van der Waals surface area contributed by atoms with Gasteiger partial charge in [-0.05, 0) is 56.2 Å². The van der Waals surface area contributed by atoms with Gasteiger partial charge in [-0.25, -0.2) is 0 Å². The Labute approximate surface area is 148 Å². The third-order valence-electron chi connectivity index (χ3n) is 3.89. The van der Waals surface area contributed by atoms with Gasteiger partial charge in [0.1, 0.15) is 12.4 Å². The Bertz CT molecular complexity index is 715. The van der Waals surface area contributed by atoms with Crippen molar-refractivity contribution in [2.24, 2.45) is 0 Å². The van der Waals surface area contributed by atoms with E-state index >= 15 is 0 Å². The number of ether oxygens (including phenoxy) is 3. The summed E-state index contributed by atoms with van der Waals surface area (Å²) < 4.78 is 16.5. The van der Waals surface area contributed by atoms with E-state index in [4.69, 9.17) is 14.2 Å². The number of carbonyl (C=O) groups excluding carboxylic acids is 1. The molecule has 0 aliphatic rings. The van der Waals surface area contributed by atoms with Crippen molar-refractivity contribution in [3.05, 3.63) is 53.6 Å². The number of aryl methyl sites for hydroxylation is 2. The van der Waals surface area contributed by atoms with Gasteiger partial charge < -0.3 is 19.5 Å². The normalized spacial score (nSPS) is 11.5. The number of carbonyl (C=O) groups is 1. The lowest BCUT2D eigenvalue weighted by atomic mass is 10.1. The second-order valence-corrected chi connectivity index (χ2v) is 5.80. The molecule has 5 heteroatoms. The number of nitrogens with one attached hydrogen (secondary N) is 1. The van der Waals surface area contributed by atoms with Crippen molar-refractivity contribution < 1.29 is 19.0 Å². The molecule has 1 atom stereocenters. The average Bonchev–Trinajstić information content (AvgIpc) is 2.62. The quantitative estimate of drug-likeness (QED) is 0.748. The predicted octanol–water partition coefficient (Wildman–Crippen LogP) is 3.27. The van der Waals surface area contributed by atoms with Crippen LogP contribution in [-0.4, -0.2) is 32.3 Å². The van der Waals surface area contributed by atoms with E-state index in [9.17, 15) is 4.79 Å². The molecule has 1 amide bonds. The molecule has 25 heavy (non-hydrogen) atoms. The monoisotopic (exact) mass is 343 g/mol. The number of rotatable bonds is 8. The van der Waals surface area contributed by atoms with Gasteiger partial charge in [0.15, 0.2) is 17.6 Å².